The van der Waals surface area contributed by atoms with Gasteiger partial charge >= 0.3 is 0 Å². The lowest BCUT2D eigenvalue weighted by atomic mass is 10.2. The van der Waals surface area contributed by atoms with E-state index in [9.17, 15) is 4.79 Å². The highest BCUT2D eigenvalue weighted by atomic mass is 16.1. The Morgan fingerprint density at radius 2 is 2.29 bits per heavy atom. The van der Waals surface area contributed by atoms with Crippen molar-refractivity contribution in [3.63, 3.8) is 0 Å². The van der Waals surface area contributed by atoms with Crippen molar-refractivity contribution in [1.82, 2.24) is 10.3 Å². The number of pyridine rings is 1. The summed E-state index contributed by atoms with van der Waals surface area (Å²) in [5.41, 5.74) is 1.82. The fraction of sp³-hybridized carbons (Fsp3) is 0.545. The molecule has 0 fully saturated rings. The second-order valence-corrected chi connectivity index (χ2v) is 3.70. The van der Waals surface area contributed by atoms with Gasteiger partial charge in [-0.3, -0.25) is 4.79 Å². The van der Waals surface area contributed by atoms with Crippen LogP contribution >= 0.6 is 0 Å². The third kappa shape index (κ3) is 3.00. The Morgan fingerprint density at radius 3 is 2.86 bits per heavy atom. The van der Waals surface area contributed by atoms with Gasteiger partial charge in [0, 0.05) is 36.1 Å². The van der Waals surface area contributed by atoms with Crippen molar-refractivity contribution < 1.29 is 0 Å². The Bertz CT molecular complexity index is 343. The van der Waals surface area contributed by atoms with Crippen LogP contribution in [0.1, 0.15) is 31.5 Å². The highest BCUT2D eigenvalue weighted by molar-refractivity contribution is 5.13. The van der Waals surface area contributed by atoms with Crippen LogP contribution in [-0.4, -0.2) is 11.0 Å². The number of aromatic nitrogens is 1. The maximum absolute atomic E-state index is 11.5. The summed E-state index contributed by atoms with van der Waals surface area (Å²) in [5.74, 6) is 0. The molecule has 0 aliphatic carbocycles. The molecule has 0 spiro atoms. The number of nitrogens with one attached hydrogen (secondary N) is 2. The lowest BCUT2D eigenvalue weighted by Gasteiger charge is -2.10. The van der Waals surface area contributed by atoms with E-state index in [2.05, 4.69) is 24.1 Å². The quantitative estimate of drug-likeness (QED) is 0.764. The van der Waals surface area contributed by atoms with Crippen molar-refractivity contribution in [2.24, 2.45) is 0 Å². The number of H-pyrrole nitrogens is 1. The van der Waals surface area contributed by atoms with Crippen LogP contribution in [0.3, 0.4) is 0 Å². The van der Waals surface area contributed by atoms with Gasteiger partial charge in [-0.1, -0.05) is 6.92 Å². The van der Waals surface area contributed by atoms with E-state index in [1.807, 2.05) is 6.92 Å². The summed E-state index contributed by atoms with van der Waals surface area (Å²) < 4.78 is 0. The summed E-state index contributed by atoms with van der Waals surface area (Å²) in [5, 5.41) is 3.29. The zero-order valence-corrected chi connectivity index (χ0v) is 9.05. The zero-order chi connectivity index (χ0) is 10.6. The molecule has 3 nitrogen and oxygen atoms in total. The minimum Gasteiger partial charge on any atom is -0.365 e. The maximum atomic E-state index is 11.5. The molecule has 1 heterocycles. The molecule has 0 amide bonds. The van der Waals surface area contributed by atoms with E-state index < -0.39 is 0 Å². The molecular formula is C11H18N2O. The highest BCUT2D eigenvalue weighted by Crippen LogP contribution is 1.94. The molecule has 0 aromatic carbocycles. The fourth-order valence-corrected chi connectivity index (χ4v) is 1.17. The standard InChI is InChI=1S/C11H18N2O/c1-4-8(2)12-6-10-7-13-9(3)5-11(10)14/h5,7-8,12H,4,6H2,1-3H3,(H,13,14). The number of rotatable bonds is 4. The maximum Gasteiger partial charge on any atom is 0.186 e. The number of hydrogen-bond acceptors (Lipinski definition) is 2. The molecule has 1 aromatic rings. The number of hydrogen-bond donors (Lipinski definition) is 2. The van der Waals surface area contributed by atoms with Crippen LogP contribution in [0.4, 0.5) is 0 Å². The third-order valence-corrected chi connectivity index (χ3v) is 2.39. The highest BCUT2D eigenvalue weighted by Gasteiger charge is 2.01. The van der Waals surface area contributed by atoms with E-state index in [1.165, 1.54) is 0 Å². The van der Waals surface area contributed by atoms with Gasteiger partial charge in [-0.25, -0.2) is 0 Å². The molecule has 1 rings (SSSR count). The first-order valence-corrected chi connectivity index (χ1v) is 5.05. The average molecular weight is 194 g/mol. The molecule has 0 saturated carbocycles. The Hall–Kier alpha value is -1.09. The van der Waals surface area contributed by atoms with Gasteiger partial charge in [0.1, 0.15) is 0 Å². The van der Waals surface area contributed by atoms with Crippen molar-refractivity contribution in [2.75, 3.05) is 0 Å². The van der Waals surface area contributed by atoms with E-state index in [1.54, 1.807) is 12.3 Å². The van der Waals surface area contributed by atoms with Crippen LogP contribution in [0.5, 0.6) is 0 Å². The minimum atomic E-state index is 0.108. The van der Waals surface area contributed by atoms with Crippen LogP contribution in [0.25, 0.3) is 0 Å². The van der Waals surface area contributed by atoms with E-state index in [0.717, 1.165) is 17.7 Å². The summed E-state index contributed by atoms with van der Waals surface area (Å²) in [6, 6.07) is 2.09. The minimum absolute atomic E-state index is 0.108. The van der Waals surface area contributed by atoms with E-state index in [0.29, 0.717) is 12.6 Å². The normalized spacial score (nSPS) is 12.8. The van der Waals surface area contributed by atoms with Crippen LogP contribution in [0.15, 0.2) is 17.1 Å². The fourth-order valence-electron chi connectivity index (χ4n) is 1.17. The van der Waals surface area contributed by atoms with Gasteiger partial charge in [0.25, 0.3) is 0 Å². The molecule has 0 saturated heterocycles. The van der Waals surface area contributed by atoms with Gasteiger partial charge in [-0.15, -0.1) is 0 Å². The zero-order valence-electron chi connectivity index (χ0n) is 9.05. The molecule has 0 radical (unpaired) electrons. The first kappa shape index (κ1) is 11.0. The smallest absolute Gasteiger partial charge is 0.186 e. The van der Waals surface area contributed by atoms with Crippen LogP contribution in [0, 0.1) is 6.92 Å². The summed E-state index contributed by atoms with van der Waals surface area (Å²) in [7, 11) is 0. The molecular weight excluding hydrogens is 176 g/mol. The van der Waals surface area contributed by atoms with Gasteiger partial charge in [0.15, 0.2) is 5.43 Å². The molecule has 3 heteroatoms. The number of aromatic amines is 1. The molecule has 0 bridgehead atoms. The lowest BCUT2D eigenvalue weighted by molar-refractivity contribution is 0.532. The largest absolute Gasteiger partial charge is 0.365 e. The van der Waals surface area contributed by atoms with Crippen LogP contribution in [-0.2, 0) is 6.54 Å². The predicted molar refractivity (Wildman–Crippen MR) is 58.4 cm³/mol. The first-order chi connectivity index (χ1) is 6.63. The van der Waals surface area contributed by atoms with Crippen molar-refractivity contribution >= 4 is 0 Å². The van der Waals surface area contributed by atoms with Gasteiger partial charge in [0.05, 0.1) is 0 Å². The van der Waals surface area contributed by atoms with Crippen LogP contribution in [0.2, 0.25) is 0 Å². The Labute approximate surface area is 84.6 Å². The molecule has 0 aliphatic heterocycles. The van der Waals surface area contributed by atoms with Crippen molar-refractivity contribution in [1.29, 1.82) is 0 Å². The molecule has 1 atom stereocenters. The van der Waals surface area contributed by atoms with Crippen molar-refractivity contribution in [3.05, 3.63) is 33.7 Å². The average Bonchev–Trinajstić information content (AvgIpc) is 2.16. The Balaban J connectivity index is 2.64. The molecule has 1 aromatic heterocycles. The molecule has 78 valence electrons. The molecule has 14 heavy (non-hydrogen) atoms. The second-order valence-electron chi connectivity index (χ2n) is 3.70. The van der Waals surface area contributed by atoms with Crippen molar-refractivity contribution in [2.45, 2.75) is 39.8 Å². The van der Waals surface area contributed by atoms with E-state index in [4.69, 9.17) is 0 Å². The van der Waals surface area contributed by atoms with Crippen molar-refractivity contribution in [3.8, 4) is 0 Å². The lowest BCUT2D eigenvalue weighted by Crippen LogP contribution is -2.27. The first-order valence-electron chi connectivity index (χ1n) is 5.05. The molecule has 0 aliphatic rings. The summed E-state index contributed by atoms with van der Waals surface area (Å²) >= 11 is 0. The van der Waals surface area contributed by atoms with E-state index in [-0.39, 0.29) is 5.43 Å². The summed E-state index contributed by atoms with van der Waals surface area (Å²) in [6.07, 6.45) is 2.86. The van der Waals surface area contributed by atoms with Gasteiger partial charge < -0.3 is 10.3 Å². The van der Waals surface area contributed by atoms with E-state index >= 15 is 0 Å². The van der Waals surface area contributed by atoms with Gasteiger partial charge in [-0.2, -0.15) is 0 Å². The SMILES string of the molecule is CCC(C)NCc1c[nH]c(C)cc1=O. The summed E-state index contributed by atoms with van der Waals surface area (Å²) in [4.78, 5) is 14.5. The Kier molecular flexibility index (Phi) is 3.89. The predicted octanol–water partition coefficient (Wildman–Crippen LogP) is 1.57. The number of aryl methyl sites for hydroxylation is 1. The second kappa shape index (κ2) is 4.96. The van der Waals surface area contributed by atoms with Gasteiger partial charge in [0.2, 0.25) is 0 Å². The molecule has 1 unspecified atom stereocenters. The monoisotopic (exact) mass is 194 g/mol. The Morgan fingerprint density at radius 1 is 1.57 bits per heavy atom. The van der Waals surface area contributed by atoms with Crippen LogP contribution < -0.4 is 10.7 Å². The topological polar surface area (TPSA) is 44.9 Å². The molecule has 2 N–H and O–H groups in total. The third-order valence-electron chi connectivity index (χ3n) is 2.39. The van der Waals surface area contributed by atoms with Gasteiger partial charge in [-0.05, 0) is 20.3 Å². The summed E-state index contributed by atoms with van der Waals surface area (Å²) in [6.45, 7) is 6.76.